The van der Waals surface area contributed by atoms with Crippen molar-refractivity contribution >= 4 is 23.3 Å². The number of hydrogen-bond donors (Lipinski definition) is 7. The second-order valence-electron chi connectivity index (χ2n) is 16.1. The molecule has 0 aromatic heterocycles. The largest absolute Gasteiger partial charge is 0.507 e. The predicted molar refractivity (Wildman–Crippen MR) is 218 cm³/mol. The van der Waals surface area contributed by atoms with E-state index in [1.54, 1.807) is 6.92 Å². The molecule has 6 atom stereocenters. The van der Waals surface area contributed by atoms with Crippen molar-refractivity contribution in [2.45, 2.75) is 159 Å². The maximum Gasteiger partial charge on any atom is 0.234 e. The van der Waals surface area contributed by atoms with E-state index in [1.165, 1.54) is 63.8 Å². The Kier molecular flexibility index (Phi) is 16.6. The second kappa shape index (κ2) is 21.4. The summed E-state index contributed by atoms with van der Waals surface area (Å²) in [5.41, 5.74) is 1.74. The molecule has 7 N–H and O–H groups in total. The zero-order valence-electron chi connectivity index (χ0n) is 34.6. The van der Waals surface area contributed by atoms with Gasteiger partial charge in [-0.25, -0.2) is 5.43 Å². The van der Waals surface area contributed by atoms with Crippen LogP contribution in [-0.2, 0) is 25.5 Å². The number of hydrogen-bond acceptors (Lipinski definition) is 13. The van der Waals surface area contributed by atoms with Gasteiger partial charge in [-0.3, -0.25) is 24.6 Å². The Hall–Kier alpha value is -4.18. The number of benzene rings is 2. The van der Waals surface area contributed by atoms with Crippen molar-refractivity contribution in [3.05, 3.63) is 63.7 Å². The number of ketones is 3. The number of hydrazine groups is 1. The quantitative estimate of drug-likeness (QED) is 0.0280. The molecule has 1 heterocycles. The van der Waals surface area contributed by atoms with Gasteiger partial charge in [0.25, 0.3) is 0 Å². The Morgan fingerprint density at radius 3 is 2.22 bits per heavy atom. The Morgan fingerprint density at radius 1 is 0.915 bits per heavy atom. The van der Waals surface area contributed by atoms with Gasteiger partial charge >= 0.3 is 0 Å². The van der Waals surface area contributed by atoms with Crippen LogP contribution in [0.4, 0.5) is 0 Å². The average molecular weight is 823 g/mol. The number of ether oxygens (including phenoxy) is 3. The van der Waals surface area contributed by atoms with E-state index >= 15 is 0 Å². The first-order chi connectivity index (χ1) is 28.4. The van der Waals surface area contributed by atoms with Gasteiger partial charge in [0.2, 0.25) is 11.7 Å². The van der Waals surface area contributed by atoms with Crippen LogP contribution in [0.1, 0.15) is 166 Å². The highest BCUT2D eigenvalue weighted by Gasteiger charge is 2.50. The van der Waals surface area contributed by atoms with E-state index in [9.17, 15) is 44.7 Å². The first-order valence-corrected chi connectivity index (χ1v) is 21.3. The highest BCUT2D eigenvalue weighted by atomic mass is 16.7. The number of Topliss-reactive ketones (excluding diaryl/α,β-unsaturated/α-hetero) is 1. The fourth-order valence-electron chi connectivity index (χ4n) is 8.45. The minimum Gasteiger partial charge on any atom is -0.507 e. The van der Waals surface area contributed by atoms with Crippen molar-refractivity contribution < 1.29 is 58.9 Å². The molecular formula is C45H62N2O12. The first-order valence-electron chi connectivity index (χ1n) is 21.3. The van der Waals surface area contributed by atoms with E-state index < -0.39 is 95.7 Å². The lowest BCUT2D eigenvalue weighted by Gasteiger charge is -2.43. The number of nitrogens with one attached hydrogen (secondary N) is 2. The molecule has 1 fully saturated rings. The van der Waals surface area contributed by atoms with E-state index in [-0.39, 0.29) is 40.3 Å². The number of rotatable bonds is 22. The van der Waals surface area contributed by atoms with Crippen LogP contribution in [-0.4, -0.2) is 92.6 Å². The molecule has 1 aliphatic heterocycles. The number of aromatic hydroxyl groups is 2. The van der Waals surface area contributed by atoms with Crippen molar-refractivity contribution in [1.82, 2.24) is 10.9 Å². The lowest BCUT2D eigenvalue weighted by atomic mass is 9.72. The lowest BCUT2D eigenvalue weighted by Crippen LogP contribution is -2.58. The minimum absolute atomic E-state index is 0.0446. The SMILES string of the molecule is CCCCCCCC/C=C/CCCCCCCC(=O)NNC1CC(O[C@H]2C[C@](O)(C(=O)CO)Cc3c(O)c4c(c(O)c32)C(=O)c2c(OC)cccc2C4=O)OC(C)C1O. The summed E-state index contributed by atoms with van der Waals surface area (Å²) in [5, 5.41) is 55.7. The van der Waals surface area contributed by atoms with Crippen LogP contribution >= 0.6 is 0 Å². The number of carbonyl (C=O) groups excluding carboxylic acids is 4. The molecule has 3 aliphatic rings. The molecule has 324 valence electrons. The molecule has 59 heavy (non-hydrogen) atoms. The molecule has 2 aromatic rings. The third-order valence-electron chi connectivity index (χ3n) is 11.8. The maximum absolute atomic E-state index is 13.9. The van der Waals surface area contributed by atoms with Gasteiger partial charge in [-0.1, -0.05) is 82.6 Å². The monoisotopic (exact) mass is 822 g/mol. The Morgan fingerprint density at radius 2 is 1.56 bits per heavy atom. The zero-order valence-corrected chi connectivity index (χ0v) is 34.6. The van der Waals surface area contributed by atoms with Gasteiger partial charge in [-0.15, -0.1) is 0 Å². The normalized spacial score (nSPS) is 23.8. The lowest BCUT2D eigenvalue weighted by molar-refractivity contribution is -0.250. The molecule has 0 radical (unpaired) electrons. The highest BCUT2D eigenvalue weighted by molar-refractivity contribution is 6.31. The zero-order chi connectivity index (χ0) is 42.7. The number of aliphatic hydroxyl groups is 3. The molecule has 14 heteroatoms. The fraction of sp³-hybridized carbons (Fsp3) is 0.600. The molecule has 1 saturated heterocycles. The molecule has 1 amide bonds. The Labute approximate surface area is 346 Å². The molecule has 0 bridgehead atoms. The van der Waals surface area contributed by atoms with Crippen LogP contribution in [0.25, 0.3) is 0 Å². The summed E-state index contributed by atoms with van der Waals surface area (Å²) >= 11 is 0. The fourth-order valence-corrected chi connectivity index (χ4v) is 8.45. The number of amides is 1. The van der Waals surface area contributed by atoms with Gasteiger partial charge < -0.3 is 39.7 Å². The summed E-state index contributed by atoms with van der Waals surface area (Å²) in [5.74, 6) is -4.14. The van der Waals surface area contributed by atoms with Gasteiger partial charge in [0.1, 0.15) is 29.5 Å². The topological polar surface area (TPSA) is 221 Å². The van der Waals surface area contributed by atoms with Gasteiger partial charge in [0.05, 0.1) is 48.2 Å². The van der Waals surface area contributed by atoms with Gasteiger partial charge in [-0.2, -0.15) is 0 Å². The number of phenolic OH excluding ortho intramolecular Hbond substituents is 2. The highest BCUT2D eigenvalue weighted by Crippen LogP contribution is 2.52. The van der Waals surface area contributed by atoms with E-state index in [4.69, 9.17) is 14.2 Å². The van der Waals surface area contributed by atoms with E-state index in [2.05, 4.69) is 29.9 Å². The van der Waals surface area contributed by atoms with Crippen LogP contribution < -0.4 is 15.6 Å². The van der Waals surface area contributed by atoms with Crippen LogP contribution in [0.15, 0.2) is 30.4 Å². The molecule has 5 rings (SSSR count). The van der Waals surface area contributed by atoms with Gasteiger partial charge in [0.15, 0.2) is 17.9 Å². The third-order valence-corrected chi connectivity index (χ3v) is 11.8. The van der Waals surface area contributed by atoms with E-state index in [1.807, 2.05) is 0 Å². The average Bonchev–Trinajstić information content (AvgIpc) is 3.22. The van der Waals surface area contributed by atoms with Crippen LogP contribution in [0, 0.1) is 0 Å². The van der Waals surface area contributed by atoms with E-state index in [0.29, 0.717) is 12.8 Å². The molecular weight excluding hydrogens is 760 g/mol. The Balaban J connectivity index is 1.19. The van der Waals surface area contributed by atoms with Crippen LogP contribution in [0.3, 0.4) is 0 Å². The summed E-state index contributed by atoms with van der Waals surface area (Å²) < 4.78 is 17.6. The Bertz CT molecular complexity index is 1850. The summed E-state index contributed by atoms with van der Waals surface area (Å²) in [6.07, 6.45) is 14.2. The minimum atomic E-state index is -2.30. The number of aliphatic hydroxyl groups excluding tert-OH is 2. The first kappa shape index (κ1) is 45.9. The number of methoxy groups -OCH3 is 1. The molecule has 14 nitrogen and oxygen atoms in total. The summed E-state index contributed by atoms with van der Waals surface area (Å²) in [7, 11) is 1.32. The van der Waals surface area contributed by atoms with Gasteiger partial charge in [-0.05, 0) is 45.1 Å². The molecule has 2 aromatic carbocycles. The second-order valence-corrected chi connectivity index (χ2v) is 16.1. The predicted octanol–water partition coefficient (Wildman–Crippen LogP) is 5.70. The molecule has 2 aliphatic carbocycles. The van der Waals surface area contributed by atoms with Gasteiger partial charge in [0, 0.05) is 42.4 Å². The summed E-state index contributed by atoms with van der Waals surface area (Å²) in [4.78, 5) is 53.4. The number of fused-ring (bicyclic) bond motifs is 3. The van der Waals surface area contributed by atoms with E-state index in [0.717, 1.165) is 38.5 Å². The molecule has 0 spiro atoms. The van der Waals surface area contributed by atoms with Crippen molar-refractivity contribution in [2.24, 2.45) is 0 Å². The molecule has 4 unspecified atom stereocenters. The van der Waals surface area contributed by atoms with Crippen LogP contribution in [0.5, 0.6) is 17.2 Å². The molecule has 0 saturated carbocycles. The van der Waals surface area contributed by atoms with Crippen LogP contribution in [0.2, 0.25) is 0 Å². The van der Waals surface area contributed by atoms with Crippen molar-refractivity contribution in [1.29, 1.82) is 0 Å². The summed E-state index contributed by atoms with van der Waals surface area (Å²) in [6.45, 7) is 2.78. The third kappa shape index (κ3) is 10.8. The van der Waals surface area contributed by atoms with Crippen molar-refractivity contribution in [3.63, 3.8) is 0 Å². The maximum atomic E-state index is 13.9. The number of unbranched alkanes of at least 4 members (excludes halogenated alkanes) is 11. The number of phenols is 2. The van der Waals surface area contributed by atoms with Crippen molar-refractivity contribution in [2.75, 3.05) is 13.7 Å². The number of carbonyl (C=O) groups is 4. The number of allylic oxidation sites excluding steroid dienone is 2. The smallest absolute Gasteiger partial charge is 0.234 e. The standard InChI is InChI=1S/C45H62N2O12/c1-4-5-6-7-8-9-10-11-12-13-14-15-16-17-18-22-34(50)47-46-30-23-35(58-27(2)40(30)51)59-32-25-45(56,33(49)26-48)24-29-37(32)44(55)39-38(42(29)53)41(52)28-20-19-21-31(57-3)36(28)43(39)54/h11-12,19-21,27,30,32,35,40,46,48,51,53,55-56H,4-10,13-18,22-26H2,1-3H3,(H,47,50)/b12-11+/t27?,30?,32-,35?,40?,45-/m0/s1. The summed E-state index contributed by atoms with van der Waals surface area (Å²) in [6, 6.07) is 3.60. The van der Waals surface area contributed by atoms with Crippen molar-refractivity contribution in [3.8, 4) is 17.2 Å².